The van der Waals surface area contributed by atoms with Crippen molar-refractivity contribution in [2.45, 2.75) is 45.4 Å². The molecule has 1 N–H and O–H groups in total. The summed E-state index contributed by atoms with van der Waals surface area (Å²) >= 11 is 1.64. The van der Waals surface area contributed by atoms with Crippen LogP contribution in [0.3, 0.4) is 0 Å². The van der Waals surface area contributed by atoms with Gasteiger partial charge in [-0.05, 0) is 56.4 Å². The summed E-state index contributed by atoms with van der Waals surface area (Å²) in [7, 11) is 0. The first-order valence-electron chi connectivity index (χ1n) is 9.12. The van der Waals surface area contributed by atoms with Gasteiger partial charge >= 0.3 is 0 Å². The van der Waals surface area contributed by atoms with Gasteiger partial charge in [-0.1, -0.05) is 18.9 Å². The van der Waals surface area contributed by atoms with Crippen LogP contribution in [0.1, 0.15) is 51.5 Å². The Morgan fingerprint density at radius 1 is 1.15 bits per heavy atom. The van der Waals surface area contributed by atoms with Gasteiger partial charge in [-0.2, -0.15) is 9.78 Å². The first kappa shape index (κ1) is 17.0. The highest BCUT2D eigenvalue weighted by atomic mass is 32.1. The number of nitrogens with one attached hydrogen (secondary N) is 1. The number of aryl methyl sites for hydroxylation is 3. The standard InChI is InChI=1S/C20H22N4OS/c1-14-12-19(24(23-14)18-10-6-7-11-21-18)22-20(25)17-13-15-8-4-2-3-5-9-16(15)26-17/h6-7,10-13H,2-5,8-9H2,1H3,(H,22,25). The van der Waals surface area contributed by atoms with Crippen LogP contribution < -0.4 is 5.32 Å². The van der Waals surface area contributed by atoms with Crippen LogP contribution in [0, 0.1) is 6.92 Å². The summed E-state index contributed by atoms with van der Waals surface area (Å²) in [6, 6.07) is 9.59. The molecular formula is C20H22N4OS. The molecule has 0 fully saturated rings. The van der Waals surface area contributed by atoms with Crippen LogP contribution in [-0.4, -0.2) is 20.7 Å². The Bertz CT molecular complexity index is 888. The molecule has 0 spiro atoms. The van der Waals surface area contributed by atoms with Crippen LogP contribution in [-0.2, 0) is 12.8 Å². The van der Waals surface area contributed by atoms with Gasteiger partial charge in [-0.25, -0.2) is 4.98 Å². The molecule has 1 aliphatic rings. The molecule has 0 saturated heterocycles. The van der Waals surface area contributed by atoms with Gasteiger partial charge in [0.25, 0.3) is 5.91 Å². The summed E-state index contributed by atoms with van der Waals surface area (Å²) in [5.41, 5.74) is 2.19. The fraction of sp³-hybridized carbons (Fsp3) is 0.350. The molecular weight excluding hydrogens is 344 g/mol. The Balaban J connectivity index is 1.58. The molecule has 0 bridgehead atoms. The number of anilines is 1. The summed E-state index contributed by atoms with van der Waals surface area (Å²) in [5, 5.41) is 7.48. The van der Waals surface area contributed by atoms with Gasteiger partial charge in [-0.3, -0.25) is 4.79 Å². The first-order valence-corrected chi connectivity index (χ1v) is 9.93. The van der Waals surface area contributed by atoms with Crippen molar-refractivity contribution in [3.05, 3.63) is 57.5 Å². The molecule has 1 aliphatic carbocycles. The average molecular weight is 366 g/mol. The highest BCUT2D eigenvalue weighted by Crippen LogP contribution is 2.29. The lowest BCUT2D eigenvalue weighted by atomic mass is 10.00. The molecule has 3 aromatic rings. The third-order valence-electron chi connectivity index (χ3n) is 4.66. The number of hydrogen-bond donors (Lipinski definition) is 1. The molecule has 0 unspecified atom stereocenters. The smallest absolute Gasteiger partial charge is 0.266 e. The number of carbonyl (C=O) groups is 1. The number of carbonyl (C=O) groups excluding carboxylic acids is 1. The Labute approximate surface area is 157 Å². The van der Waals surface area contributed by atoms with E-state index in [9.17, 15) is 4.79 Å². The Morgan fingerprint density at radius 3 is 2.81 bits per heavy atom. The second-order valence-corrected chi connectivity index (χ2v) is 7.83. The Hall–Kier alpha value is -2.47. The number of amides is 1. The van der Waals surface area contributed by atoms with E-state index in [-0.39, 0.29) is 5.91 Å². The van der Waals surface area contributed by atoms with Crippen LogP contribution in [0.15, 0.2) is 36.5 Å². The maximum atomic E-state index is 12.8. The molecule has 0 aromatic carbocycles. The minimum absolute atomic E-state index is 0.0705. The summed E-state index contributed by atoms with van der Waals surface area (Å²) in [5.74, 6) is 1.26. The van der Waals surface area contributed by atoms with E-state index in [1.807, 2.05) is 31.2 Å². The maximum Gasteiger partial charge on any atom is 0.266 e. The Kier molecular flexibility index (Phi) is 4.84. The minimum atomic E-state index is -0.0705. The molecule has 0 radical (unpaired) electrons. The lowest BCUT2D eigenvalue weighted by Crippen LogP contribution is -2.14. The van der Waals surface area contributed by atoms with Crippen LogP contribution in [0.4, 0.5) is 5.82 Å². The van der Waals surface area contributed by atoms with E-state index in [0.717, 1.165) is 23.4 Å². The van der Waals surface area contributed by atoms with E-state index >= 15 is 0 Å². The van der Waals surface area contributed by atoms with Crippen LogP contribution >= 0.6 is 11.3 Å². The predicted molar refractivity (Wildman–Crippen MR) is 104 cm³/mol. The number of rotatable bonds is 3. The number of aromatic nitrogens is 3. The fourth-order valence-corrected chi connectivity index (χ4v) is 4.53. The molecule has 1 amide bonds. The molecule has 5 nitrogen and oxygen atoms in total. The third kappa shape index (κ3) is 3.55. The zero-order valence-corrected chi connectivity index (χ0v) is 15.7. The first-order chi connectivity index (χ1) is 12.7. The quantitative estimate of drug-likeness (QED) is 0.740. The number of hydrogen-bond acceptors (Lipinski definition) is 4. The van der Waals surface area contributed by atoms with Gasteiger partial charge < -0.3 is 5.32 Å². The van der Waals surface area contributed by atoms with Crippen molar-refractivity contribution < 1.29 is 4.79 Å². The second-order valence-electron chi connectivity index (χ2n) is 6.70. The van der Waals surface area contributed by atoms with Gasteiger partial charge in [0.1, 0.15) is 5.82 Å². The summed E-state index contributed by atoms with van der Waals surface area (Å²) in [4.78, 5) is 19.3. The third-order valence-corrected chi connectivity index (χ3v) is 5.90. The van der Waals surface area contributed by atoms with Gasteiger partial charge in [0.2, 0.25) is 0 Å². The van der Waals surface area contributed by atoms with Crippen LogP contribution in [0.2, 0.25) is 0 Å². The van der Waals surface area contributed by atoms with Crippen molar-refractivity contribution in [3.63, 3.8) is 0 Å². The van der Waals surface area contributed by atoms with Crippen molar-refractivity contribution in [1.29, 1.82) is 0 Å². The van der Waals surface area contributed by atoms with Gasteiger partial charge in [0, 0.05) is 17.1 Å². The number of fused-ring (bicyclic) bond motifs is 1. The van der Waals surface area contributed by atoms with Crippen molar-refractivity contribution in [1.82, 2.24) is 14.8 Å². The summed E-state index contributed by atoms with van der Waals surface area (Å²) < 4.78 is 1.68. The van der Waals surface area contributed by atoms with E-state index in [4.69, 9.17) is 0 Å². The summed E-state index contributed by atoms with van der Waals surface area (Å²) in [6.07, 6.45) is 8.93. The molecule has 3 heterocycles. The van der Waals surface area contributed by atoms with Crippen molar-refractivity contribution >= 4 is 23.1 Å². The largest absolute Gasteiger partial charge is 0.306 e. The molecule has 6 heteroatoms. The number of nitrogens with zero attached hydrogens (tertiary/aromatic N) is 3. The van der Waals surface area contributed by atoms with E-state index in [1.54, 1.807) is 22.2 Å². The van der Waals surface area contributed by atoms with E-state index in [2.05, 4.69) is 21.5 Å². The highest BCUT2D eigenvalue weighted by Gasteiger charge is 2.18. The normalized spacial score (nSPS) is 14.3. The molecule has 0 saturated carbocycles. The molecule has 26 heavy (non-hydrogen) atoms. The predicted octanol–water partition coefficient (Wildman–Crippen LogP) is 4.55. The lowest BCUT2D eigenvalue weighted by molar-refractivity contribution is 0.103. The molecule has 134 valence electrons. The molecule has 0 atom stereocenters. The van der Waals surface area contributed by atoms with Crippen LogP contribution in [0.25, 0.3) is 5.82 Å². The molecule has 0 aliphatic heterocycles. The Morgan fingerprint density at radius 2 is 2.00 bits per heavy atom. The zero-order chi connectivity index (χ0) is 17.9. The lowest BCUT2D eigenvalue weighted by Gasteiger charge is -2.07. The maximum absolute atomic E-state index is 12.8. The topological polar surface area (TPSA) is 59.8 Å². The van der Waals surface area contributed by atoms with Gasteiger partial charge in [-0.15, -0.1) is 11.3 Å². The SMILES string of the molecule is Cc1cc(NC(=O)c2cc3c(s2)CCCCCC3)n(-c2ccccn2)n1. The van der Waals surface area contributed by atoms with Crippen LogP contribution in [0.5, 0.6) is 0 Å². The summed E-state index contributed by atoms with van der Waals surface area (Å²) in [6.45, 7) is 1.91. The van der Waals surface area contributed by atoms with Crippen molar-refractivity contribution in [3.8, 4) is 5.82 Å². The van der Waals surface area contributed by atoms with E-state index in [0.29, 0.717) is 11.6 Å². The van der Waals surface area contributed by atoms with Gasteiger partial charge in [0.05, 0.1) is 10.6 Å². The molecule has 3 aromatic heterocycles. The average Bonchev–Trinajstić information content (AvgIpc) is 3.19. The number of pyridine rings is 1. The minimum Gasteiger partial charge on any atom is -0.306 e. The van der Waals surface area contributed by atoms with Crippen molar-refractivity contribution in [2.75, 3.05) is 5.32 Å². The highest BCUT2D eigenvalue weighted by molar-refractivity contribution is 7.14. The number of thiophene rings is 1. The zero-order valence-electron chi connectivity index (χ0n) is 14.9. The van der Waals surface area contributed by atoms with E-state index < -0.39 is 0 Å². The monoisotopic (exact) mass is 366 g/mol. The van der Waals surface area contributed by atoms with E-state index in [1.165, 1.54) is 36.1 Å². The van der Waals surface area contributed by atoms with Gasteiger partial charge in [0.15, 0.2) is 5.82 Å². The second kappa shape index (κ2) is 7.41. The fourth-order valence-electron chi connectivity index (χ4n) is 3.38. The van der Waals surface area contributed by atoms with Crippen molar-refractivity contribution in [2.24, 2.45) is 0 Å². The molecule has 4 rings (SSSR count).